The molecule has 5 nitrogen and oxygen atoms in total. The Balaban J connectivity index is 2.38. The van der Waals surface area contributed by atoms with Crippen LogP contribution in [-0.2, 0) is 4.79 Å². The van der Waals surface area contributed by atoms with E-state index in [9.17, 15) is 9.59 Å². The second-order valence-corrected chi connectivity index (χ2v) is 4.92. The Bertz CT molecular complexity index is 481. The van der Waals surface area contributed by atoms with Gasteiger partial charge in [0.25, 0.3) is 0 Å². The zero-order chi connectivity index (χ0) is 13.8. The second-order valence-electron chi connectivity index (χ2n) is 4.92. The first-order valence-electron chi connectivity index (χ1n) is 6.50. The lowest BCUT2D eigenvalue weighted by Gasteiger charge is -2.29. The van der Waals surface area contributed by atoms with Crippen molar-refractivity contribution < 1.29 is 9.59 Å². The van der Waals surface area contributed by atoms with E-state index >= 15 is 0 Å². The van der Waals surface area contributed by atoms with Gasteiger partial charge >= 0.3 is 0 Å². The van der Waals surface area contributed by atoms with Gasteiger partial charge in [0.05, 0.1) is 5.92 Å². The number of carbonyl (C=O) groups is 2. The minimum absolute atomic E-state index is 0.166. The van der Waals surface area contributed by atoms with Crippen LogP contribution in [0.4, 0.5) is 0 Å². The molecule has 0 aliphatic carbocycles. The molecule has 0 spiro atoms. The van der Waals surface area contributed by atoms with Gasteiger partial charge in [-0.1, -0.05) is 18.2 Å². The second kappa shape index (κ2) is 5.84. The Hall–Kier alpha value is -1.88. The number of carbonyl (C=O) groups excluding carboxylic acids is 2. The molecule has 1 saturated heterocycles. The maximum atomic E-state index is 11.8. The topological polar surface area (TPSA) is 98.2 Å². The molecule has 0 saturated carbocycles. The van der Waals surface area contributed by atoms with E-state index < -0.39 is 11.8 Å². The van der Waals surface area contributed by atoms with Gasteiger partial charge in [-0.15, -0.1) is 0 Å². The highest BCUT2D eigenvalue weighted by atomic mass is 16.1. The van der Waals surface area contributed by atoms with Crippen molar-refractivity contribution in [2.45, 2.75) is 18.8 Å². The standard InChI is InChI=1S/C14H19N3O2/c15-13(18)11-4-2-1-3-10(11)12(14(16)19)9-5-7-17-8-6-9/h1-4,9,12,17H,5-8H2,(H2,15,18)(H2,16,19). The average molecular weight is 261 g/mol. The Morgan fingerprint density at radius 2 is 1.79 bits per heavy atom. The van der Waals surface area contributed by atoms with E-state index in [1.165, 1.54) is 0 Å². The lowest BCUT2D eigenvalue weighted by Crippen LogP contribution is -2.37. The molecule has 1 atom stereocenters. The van der Waals surface area contributed by atoms with Gasteiger partial charge in [0, 0.05) is 5.56 Å². The van der Waals surface area contributed by atoms with Crippen molar-refractivity contribution in [1.29, 1.82) is 0 Å². The largest absolute Gasteiger partial charge is 0.369 e. The number of hydrogen-bond donors (Lipinski definition) is 3. The lowest BCUT2D eigenvalue weighted by molar-refractivity contribution is -0.120. The molecule has 2 amide bonds. The smallest absolute Gasteiger partial charge is 0.249 e. The van der Waals surface area contributed by atoms with Gasteiger partial charge < -0.3 is 16.8 Å². The quantitative estimate of drug-likeness (QED) is 0.729. The van der Waals surface area contributed by atoms with Gasteiger partial charge in [-0.25, -0.2) is 0 Å². The zero-order valence-corrected chi connectivity index (χ0v) is 10.8. The first-order valence-corrected chi connectivity index (χ1v) is 6.50. The Morgan fingerprint density at radius 3 is 2.37 bits per heavy atom. The van der Waals surface area contributed by atoms with Gasteiger partial charge in [-0.3, -0.25) is 9.59 Å². The zero-order valence-electron chi connectivity index (χ0n) is 10.8. The third-order valence-corrected chi connectivity index (χ3v) is 3.72. The van der Waals surface area contributed by atoms with Crippen molar-refractivity contribution >= 4 is 11.8 Å². The fraction of sp³-hybridized carbons (Fsp3) is 0.429. The number of amides is 2. The van der Waals surface area contributed by atoms with E-state index in [0.717, 1.165) is 25.9 Å². The monoisotopic (exact) mass is 261 g/mol. The number of hydrogen-bond acceptors (Lipinski definition) is 3. The lowest BCUT2D eigenvalue weighted by atomic mass is 9.78. The summed E-state index contributed by atoms with van der Waals surface area (Å²) >= 11 is 0. The number of rotatable bonds is 4. The van der Waals surface area contributed by atoms with Crippen molar-refractivity contribution in [2.24, 2.45) is 17.4 Å². The van der Waals surface area contributed by atoms with Crippen LogP contribution in [0, 0.1) is 5.92 Å². The van der Waals surface area contributed by atoms with Crippen LogP contribution in [0.2, 0.25) is 0 Å². The summed E-state index contributed by atoms with van der Waals surface area (Å²) in [7, 11) is 0. The molecule has 1 unspecified atom stereocenters. The van der Waals surface area contributed by atoms with Crippen LogP contribution in [-0.4, -0.2) is 24.9 Å². The Kier molecular flexibility index (Phi) is 4.16. The average Bonchev–Trinajstić information content (AvgIpc) is 2.40. The van der Waals surface area contributed by atoms with Crippen LogP contribution >= 0.6 is 0 Å². The van der Waals surface area contributed by atoms with Gasteiger partial charge in [-0.05, 0) is 43.5 Å². The summed E-state index contributed by atoms with van der Waals surface area (Å²) < 4.78 is 0. The number of benzene rings is 1. The third kappa shape index (κ3) is 2.93. The highest BCUT2D eigenvalue weighted by Crippen LogP contribution is 2.32. The molecule has 0 aromatic heterocycles. The molecule has 5 N–H and O–H groups in total. The molecular weight excluding hydrogens is 242 g/mol. The van der Waals surface area contributed by atoms with Crippen LogP contribution in [0.15, 0.2) is 24.3 Å². The van der Waals surface area contributed by atoms with Crippen LogP contribution in [0.1, 0.15) is 34.7 Å². The maximum absolute atomic E-state index is 11.8. The fourth-order valence-electron chi connectivity index (χ4n) is 2.81. The molecule has 0 bridgehead atoms. The molecule has 1 heterocycles. The number of piperidine rings is 1. The van der Waals surface area contributed by atoms with E-state index in [0.29, 0.717) is 11.1 Å². The summed E-state index contributed by atoms with van der Waals surface area (Å²) in [5, 5.41) is 3.25. The van der Waals surface area contributed by atoms with Gasteiger partial charge in [-0.2, -0.15) is 0 Å². The molecule has 19 heavy (non-hydrogen) atoms. The molecule has 0 radical (unpaired) electrons. The molecular formula is C14H19N3O2. The summed E-state index contributed by atoms with van der Waals surface area (Å²) in [6.07, 6.45) is 1.75. The van der Waals surface area contributed by atoms with Crippen LogP contribution < -0.4 is 16.8 Å². The van der Waals surface area contributed by atoms with Crippen molar-refractivity contribution in [3.8, 4) is 0 Å². The van der Waals surface area contributed by atoms with E-state index in [1.54, 1.807) is 24.3 Å². The van der Waals surface area contributed by atoms with Gasteiger partial charge in [0.1, 0.15) is 0 Å². The normalized spacial score (nSPS) is 17.9. The van der Waals surface area contributed by atoms with Crippen LogP contribution in [0.5, 0.6) is 0 Å². The summed E-state index contributed by atoms with van der Waals surface area (Å²) in [5.41, 5.74) is 12.0. The van der Waals surface area contributed by atoms with E-state index in [4.69, 9.17) is 11.5 Å². The summed E-state index contributed by atoms with van der Waals surface area (Å²) in [6, 6.07) is 6.97. The Labute approximate surface area is 112 Å². The van der Waals surface area contributed by atoms with Crippen molar-refractivity contribution in [3.05, 3.63) is 35.4 Å². The van der Waals surface area contributed by atoms with Crippen molar-refractivity contribution in [1.82, 2.24) is 5.32 Å². The predicted molar refractivity (Wildman–Crippen MR) is 72.5 cm³/mol. The Morgan fingerprint density at radius 1 is 1.16 bits per heavy atom. The molecule has 1 aromatic carbocycles. The molecule has 1 fully saturated rings. The highest BCUT2D eigenvalue weighted by Gasteiger charge is 2.31. The maximum Gasteiger partial charge on any atom is 0.249 e. The minimum Gasteiger partial charge on any atom is -0.369 e. The van der Waals surface area contributed by atoms with E-state index in [-0.39, 0.29) is 11.8 Å². The number of nitrogens with two attached hydrogens (primary N) is 2. The molecule has 1 aromatic rings. The molecule has 102 valence electrons. The number of primary amides is 2. The SMILES string of the molecule is NC(=O)c1ccccc1C(C(N)=O)C1CCNCC1. The van der Waals surface area contributed by atoms with Gasteiger partial charge in [0.15, 0.2) is 0 Å². The molecule has 1 aliphatic rings. The first kappa shape index (κ1) is 13.5. The third-order valence-electron chi connectivity index (χ3n) is 3.72. The van der Waals surface area contributed by atoms with Crippen molar-refractivity contribution in [3.63, 3.8) is 0 Å². The first-order chi connectivity index (χ1) is 9.11. The van der Waals surface area contributed by atoms with Crippen LogP contribution in [0.25, 0.3) is 0 Å². The fourth-order valence-corrected chi connectivity index (χ4v) is 2.81. The predicted octanol–water partition coefficient (Wildman–Crippen LogP) is 0.354. The summed E-state index contributed by atoms with van der Waals surface area (Å²) in [4.78, 5) is 23.3. The van der Waals surface area contributed by atoms with E-state index in [2.05, 4.69) is 5.32 Å². The molecule has 5 heteroatoms. The minimum atomic E-state index is -0.518. The molecule has 1 aliphatic heterocycles. The van der Waals surface area contributed by atoms with Gasteiger partial charge in [0.2, 0.25) is 11.8 Å². The number of nitrogens with one attached hydrogen (secondary N) is 1. The van der Waals surface area contributed by atoms with Crippen molar-refractivity contribution in [2.75, 3.05) is 13.1 Å². The van der Waals surface area contributed by atoms with Crippen LogP contribution in [0.3, 0.4) is 0 Å². The van der Waals surface area contributed by atoms with E-state index in [1.807, 2.05) is 0 Å². The molecule has 2 rings (SSSR count). The summed E-state index contributed by atoms with van der Waals surface area (Å²) in [5.74, 6) is -1.18. The summed E-state index contributed by atoms with van der Waals surface area (Å²) in [6.45, 7) is 1.74. The highest BCUT2D eigenvalue weighted by molar-refractivity contribution is 5.96.